The van der Waals surface area contributed by atoms with Gasteiger partial charge in [0.25, 0.3) is 0 Å². The molecule has 0 aromatic rings. The highest BCUT2D eigenvalue weighted by molar-refractivity contribution is 7.80. The van der Waals surface area contributed by atoms with Crippen molar-refractivity contribution in [2.45, 2.75) is 0 Å². The van der Waals surface area contributed by atoms with Gasteiger partial charge in [-0.25, -0.2) is 0 Å². The molecule has 0 saturated carbocycles. The monoisotopic (exact) mass is 172 g/mol. The number of rotatable bonds is 3. The molecule has 0 atom stereocenters. The van der Waals surface area contributed by atoms with Gasteiger partial charge in [0, 0.05) is 0 Å². The maximum Gasteiger partial charge on any atom is 0.174 e. The van der Waals surface area contributed by atoms with Crippen molar-refractivity contribution in [2.75, 3.05) is 18.4 Å². The zero-order valence-electron chi connectivity index (χ0n) is 4.19. The third kappa shape index (κ3) is 4.62. The second-order valence-electron chi connectivity index (χ2n) is 1.04. The van der Waals surface area contributed by atoms with Gasteiger partial charge in [-0.05, 0) is 12.2 Å². The molecule has 0 aliphatic heterocycles. The van der Waals surface area contributed by atoms with E-state index in [1.165, 1.54) is 0 Å². The number of hydrogen-bond acceptors (Lipinski definition) is 2. The molecule has 0 fully saturated rings. The molecule has 0 unspecified atom stereocenters. The molecule has 0 spiro atoms. The quantitative estimate of drug-likeness (QED) is 0.475. The molecule has 0 aromatic carbocycles. The summed E-state index contributed by atoms with van der Waals surface area (Å²) in [7, 11) is 0. The van der Waals surface area contributed by atoms with Gasteiger partial charge in [0.15, 0.2) is 5.05 Å². The van der Waals surface area contributed by atoms with E-state index in [9.17, 15) is 0 Å². The maximum absolute atomic E-state index is 5.28. The smallest absolute Gasteiger partial charge is 0.174 e. The highest BCUT2D eigenvalue weighted by atomic mass is 35.5. The van der Waals surface area contributed by atoms with Gasteiger partial charge in [0.05, 0.1) is 11.8 Å². The molecular formula is C4H6Cl2OS. The average Bonchev–Trinajstić information content (AvgIpc) is 1.83. The summed E-state index contributed by atoms with van der Waals surface area (Å²) in [4.78, 5) is 0. The van der Waals surface area contributed by atoms with Crippen LogP contribution in [0, 0.1) is 0 Å². The van der Waals surface area contributed by atoms with Crippen LogP contribution in [0.3, 0.4) is 0 Å². The van der Waals surface area contributed by atoms with Gasteiger partial charge in [0.1, 0.15) is 6.61 Å². The van der Waals surface area contributed by atoms with E-state index in [0.717, 1.165) is 0 Å². The molecule has 0 amide bonds. The topological polar surface area (TPSA) is 9.23 Å². The summed E-state index contributed by atoms with van der Waals surface area (Å²) in [6.45, 7) is 0.451. The lowest BCUT2D eigenvalue weighted by molar-refractivity contribution is 0.337. The van der Waals surface area contributed by atoms with Crippen LogP contribution in [-0.2, 0) is 4.74 Å². The molecule has 0 saturated heterocycles. The first-order chi connectivity index (χ1) is 3.81. The van der Waals surface area contributed by atoms with Gasteiger partial charge >= 0.3 is 0 Å². The second kappa shape index (κ2) is 5.60. The Morgan fingerprint density at radius 3 is 2.50 bits per heavy atom. The van der Waals surface area contributed by atoms with E-state index < -0.39 is 0 Å². The van der Waals surface area contributed by atoms with Crippen molar-refractivity contribution in [3.63, 3.8) is 0 Å². The van der Waals surface area contributed by atoms with Crippen LogP contribution in [0.5, 0.6) is 0 Å². The second-order valence-corrected chi connectivity index (χ2v) is 2.14. The van der Waals surface area contributed by atoms with E-state index in [-0.39, 0.29) is 5.88 Å². The highest BCUT2D eigenvalue weighted by Gasteiger charge is 1.90. The van der Waals surface area contributed by atoms with E-state index in [4.69, 9.17) is 27.9 Å². The minimum atomic E-state index is 0.270. The van der Waals surface area contributed by atoms with Crippen molar-refractivity contribution in [3.8, 4) is 0 Å². The minimum Gasteiger partial charge on any atom is -0.485 e. The van der Waals surface area contributed by atoms with Crippen LogP contribution in [0.15, 0.2) is 0 Å². The molecule has 48 valence electrons. The Kier molecular flexibility index (Phi) is 5.93. The van der Waals surface area contributed by atoms with Gasteiger partial charge in [-0.15, -0.1) is 23.2 Å². The standard InChI is InChI=1S/C4H6Cl2OS/c5-1-2-7-4(8)3-6/h1-3H2. The van der Waals surface area contributed by atoms with Crippen LogP contribution in [0.25, 0.3) is 0 Å². The van der Waals surface area contributed by atoms with Crippen molar-refractivity contribution >= 4 is 40.5 Å². The fraction of sp³-hybridized carbons (Fsp3) is 0.750. The lowest BCUT2D eigenvalue weighted by Crippen LogP contribution is -2.04. The number of thiocarbonyl (C=S) groups is 1. The molecule has 0 aromatic heterocycles. The molecule has 0 bridgehead atoms. The molecule has 0 radical (unpaired) electrons. The largest absolute Gasteiger partial charge is 0.485 e. The lowest BCUT2D eigenvalue weighted by Gasteiger charge is -1.98. The van der Waals surface area contributed by atoms with E-state index in [0.29, 0.717) is 17.5 Å². The Morgan fingerprint density at radius 2 is 2.12 bits per heavy atom. The Labute approximate surface area is 63.9 Å². The average molecular weight is 173 g/mol. The summed E-state index contributed by atoms with van der Waals surface area (Å²) in [5.41, 5.74) is 0. The number of alkyl halides is 2. The summed E-state index contributed by atoms with van der Waals surface area (Å²) in [5, 5.41) is 0.410. The number of ether oxygens (including phenoxy) is 1. The van der Waals surface area contributed by atoms with Crippen molar-refractivity contribution < 1.29 is 4.74 Å². The molecule has 0 aliphatic rings. The van der Waals surface area contributed by atoms with Crippen LogP contribution < -0.4 is 0 Å². The normalized spacial score (nSPS) is 8.75. The fourth-order valence-corrected chi connectivity index (χ4v) is 0.429. The van der Waals surface area contributed by atoms with Crippen molar-refractivity contribution in [1.29, 1.82) is 0 Å². The molecule has 4 heteroatoms. The first-order valence-electron chi connectivity index (χ1n) is 2.08. The van der Waals surface area contributed by atoms with Crippen molar-refractivity contribution in [2.24, 2.45) is 0 Å². The fourth-order valence-electron chi connectivity index (χ4n) is 0.191. The molecule has 8 heavy (non-hydrogen) atoms. The zero-order chi connectivity index (χ0) is 6.41. The summed E-state index contributed by atoms with van der Waals surface area (Å²) in [6, 6.07) is 0. The Bertz CT molecular complexity index is 76.4. The van der Waals surface area contributed by atoms with Crippen LogP contribution in [0.2, 0.25) is 0 Å². The number of hydrogen-bond donors (Lipinski definition) is 0. The van der Waals surface area contributed by atoms with E-state index in [2.05, 4.69) is 12.2 Å². The third-order valence-corrected chi connectivity index (χ3v) is 1.27. The summed E-state index contributed by atoms with van der Waals surface area (Å²) >= 11 is 15.2. The van der Waals surface area contributed by atoms with Gasteiger partial charge in [-0.3, -0.25) is 0 Å². The van der Waals surface area contributed by atoms with Crippen molar-refractivity contribution in [1.82, 2.24) is 0 Å². The van der Waals surface area contributed by atoms with Gasteiger partial charge in [-0.2, -0.15) is 0 Å². The molecule has 0 aliphatic carbocycles. The maximum atomic E-state index is 5.28. The molecular weight excluding hydrogens is 167 g/mol. The third-order valence-electron chi connectivity index (χ3n) is 0.449. The molecule has 1 nitrogen and oxygen atoms in total. The molecule has 0 rings (SSSR count). The van der Waals surface area contributed by atoms with Crippen LogP contribution in [-0.4, -0.2) is 23.4 Å². The van der Waals surface area contributed by atoms with Gasteiger partial charge in [-0.1, -0.05) is 0 Å². The molecule has 0 heterocycles. The first kappa shape index (κ1) is 8.47. The summed E-state index contributed by atoms with van der Waals surface area (Å²) in [5.74, 6) is 0.725. The predicted molar refractivity (Wildman–Crippen MR) is 40.0 cm³/mol. The van der Waals surface area contributed by atoms with Crippen LogP contribution in [0.4, 0.5) is 0 Å². The first-order valence-corrected chi connectivity index (χ1v) is 3.56. The Hall–Kier alpha value is 0.470. The van der Waals surface area contributed by atoms with E-state index in [1.807, 2.05) is 0 Å². The van der Waals surface area contributed by atoms with E-state index >= 15 is 0 Å². The minimum absolute atomic E-state index is 0.270. The van der Waals surface area contributed by atoms with Crippen LogP contribution in [0.1, 0.15) is 0 Å². The SMILES string of the molecule is S=C(CCl)OCCCl. The predicted octanol–water partition coefficient (Wildman–Crippen LogP) is 1.81. The Morgan fingerprint density at radius 1 is 1.50 bits per heavy atom. The number of halogens is 2. The summed E-state index contributed by atoms with van der Waals surface area (Å²) in [6.07, 6.45) is 0. The van der Waals surface area contributed by atoms with Crippen molar-refractivity contribution in [3.05, 3.63) is 0 Å². The summed E-state index contributed by atoms with van der Waals surface area (Å²) < 4.78 is 4.81. The van der Waals surface area contributed by atoms with E-state index in [1.54, 1.807) is 0 Å². The highest BCUT2D eigenvalue weighted by Crippen LogP contribution is 1.86. The lowest BCUT2D eigenvalue weighted by atomic mass is 10.8. The van der Waals surface area contributed by atoms with Gasteiger partial charge < -0.3 is 4.74 Å². The zero-order valence-corrected chi connectivity index (χ0v) is 6.52. The molecule has 0 N–H and O–H groups in total. The van der Waals surface area contributed by atoms with Gasteiger partial charge in [0.2, 0.25) is 0 Å². The van der Waals surface area contributed by atoms with Crippen LogP contribution >= 0.6 is 35.4 Å². The Balaban J connectivity index is 2.99.